The van der Waals surface area contributed by atoms with Crippen molar-refractivity contribution in [2.24, 2.45) is 56.7 Å². The molecule has 0 radical (unpaired) electrons. The average molecular weight is 633 g/mol. The molecule has 0 amide bonds. The molecule has 274 valence electrons. The van der Waals surface area contributed by atoms with Gasteiger partial charge in [-0.3, -0.25) is 0 Å². The van der Waals surface area contributed by atoms with Crippen LogP contribution in [0.2, 0.25) is 0 Å². The molecule has 0 fully saturated rings. The number of aliphatic hydroxyl groups is 2. The van der Waals surface area contributed by atoms with Gasteiger partial charge in [-0.15, -0.1) is 0 Å². The number of aliphatic hydroxyl groups excluding tert-OH is 2. The van der Waals surface area contributed by atoms with Crippen molar-refractivity contribution in [2.75, 3.05) is 26.9 Å². The normalized spacial score (nSPS) is 15.1. The maximum absolute atomic E-state index is 9.11. The van der Waals surface area contributed by atoms with Gasteiger partial charge in [0.05, 0.1) is 0 Å². The molecule has 0 aromatic heterocycles. The molecule has 0 heterocycles. The third-order valence-corrected chi connectivity index (χ3v) is 9.38. The molecule has 4 atom stereocenters. The second-order valence-corrected chi connectivity index (χ2v) is 19.0. The van der Waals surface area contributed by atoms with E-state index in [2.05, 4.69) is 152 Å². The van der Waals surface area contributed by atoms with Crippen molar-refractivity contribution >= 4 is 0 Å². The van der Waals surface area contributed by atoms with Crippen molar-refractivity contribution in [1.82, 2.24) is 0 Å². The summed E-state index contributed by atoms with van der Waals surface area (Å²) >= 11 is 0. The summed E-state index contributed by atoms with van der Waals surface area (Å²) in [5, 5.41) is 18.0. The first kappa shape index (κ1) is 53.4. The van der Waals surface area contributed by atoms with E-state index in [9.17, 15) is 0 Å². The molecule has 0 aromatic carbocycles. The van der Waals surface area contributed by atoms with Crippen molar-refractivity contribution < 1.29 is 14.9 Å². The fraction of sp³-hybridized carbons (Fsp3) is 1.00. The highest BCUT2D eigenvalue weighted by molar-refractivity contribution is 4.74. The lowest BCUT2D eigenvalue weighted by molar-refractivity contribution is 0.0877. The fourth-order valence-corrected chi connectivity index (χ4v) is 4.08. The van der Waals surface area contributed by atoms with Gasteiger partial charge in [0.25, 0.3) is 0 Å². The van der Waals surface area contributed by atoms with Crippen LogP contribution < -0.4 is 0 Å². The van der Waals surface area contributed by atoms with Gasteiger partial charge in [-0.2, -0.15) is 0 Å². The lowest BCUT2D eigenvalue weighted by atomic mass is 9.77. The first-order valence-electron chi connectivity index (χ1n) is 18.2. The molecule has 0 bridgehead atoms. The van der Waals surface area contributed by atoms with Crippen molar-refractivity contribution in [2.45, 2.75) is 184 Å². The largest absolute Gasteiger partial charge is 0.396 e. The maximum Gasteiger partial charge on any atom is 0.0495 e. The summed E-state index contributed by atoms with van der Waals surface area (Å²) < 4.78 is 5.12. The van der Waals surface area contributed by atoms with Crippen LogP contribution in [0, 0.1) is 56.7 Å². The van der Waals surface area contributed by atoms with E-state index in [4.69, 9.17) is 14.9 Å². The molecule has 0 saturated heterocycles. The zero-order valence-electron chi connectivity index (χ0n) is 35.3. The van der Waals surface area contributed by atoms with Crippen LogP contribution in [0.15, 0.2) is 0 Å². The number of methoxy groups -OCH3 is 1. The summed E-state index contributed by atoms with van der Waals surface area (Å²) in [6.07, 6.45) is 5.97. The highest BCUT2D eigenvalue weighted by Crippen LogP contribution is 2.31. The van der Waals surface area contributed by atoms with Crippen molar-refractivity contribution in [3.63, 3.8) is 0 Å². The summed E-state index contributed by atoms with van der Waals surface area (Å²) in [5.41, 5.74) is 1.96. The third kappa shape index (κ3) is 36.3. The SMILES string of the molecule is CC(C)CC(CO)C(C)(C)C.CCC(C)(C)C.CCC(C)C(C)(C)C.CCC(CO)C(C)(C)C.CCC(COC)C(C)(C)C. The van der Waals surface area contributed by atoms with Crippen molar-refractivity contribution in [3.05, 3.63) is 0 Å². The minimum atomic E-state index is 0.249. The molecular weight excluding hydrogens is 540 g/mol. The standard InChI is InChI=1S/C10H22O.C9H20O.C8H18O.C8H18.C6H14/c1-8(2)6-9(7-11)10(3,4)5;1-6-8(7-10-5)9(2,3)4;1-5-7(6-9)8(2,3)4;1-6-7(2)8(3,4)5;1-5-6(2,3)4/h8-9,11H,6-7H2,1-5H3;8H,6-7H2,1-5H3;7,9H,5-6H2,1-4H3;7H,6H2,1-5H3;5H2,1-4H3. The minimum Gasteiger partial charge on any atom is -0.396 e. The Morgan fingerprint density at radius 2 is 0.818 bits per heavy atom. The van der Waals surface area contributed by atoms with E-state index < -0.39 is 0 Å². The molecular formula is C41H92O3. The van der Waals surface area contributed by atoms with Crippen LogP contribution >= 0.6 is 0 Å². The predicted molar refractivity (Wildman–Crippen MR) is 204 cm³/mol. The second kappa shape index (κ2) is 25.9. The number of rotatable bonds is 9. The topological polar surface area (TPSA) is 49.7 Å². The Balaban J connectivity index is -0.000000146. The summed E-state index contributed by atoms with van der Waals surface area (Å²) in [5.74, 6) is 3.13. The van der Waals surface area contributed by atoms with Gasteiger partial charge >= 0.3 is 0 Å². The van der Waals surface area contributed by atoms with E-state index in [-0.39, 0.29) is 10.8 Å². The molecule has 0 aliphatic heterocycles. The second-order valence-electron chi connectivity index (χ2n) is 19.0. The van der Waals surface area contributed by atoms with Gasteiger partial charge in [0, 0.05) is 26.9 Å². The van der Waals surface area contributed by atoms with Crippen LogP contribution in [0.1, 0.15) is 184 Å². The number of hydrogen-bond acceptors (Lipinski definition) is 3. The Hall–Kier alpha value is -0.120. The first-order chi connectivity index (χ1) is 19.5. The van der Waals surface area contributed by atoms with E-state index in [0.29, 0.717) is 53.1 Å². The number of hydrogen-bond donors (Lipinski definition) is 2. The van der Waals surface area contributed by atoms with Crippen LogP contribution in [-0.4, -0.2) is 37.1 Å². The van der Waals surface area contributed by atoms with Crippen LogP contribution in [0.25, 0.3) is 0 Å². The zero-order valence-corrected chi connectivity index (χ0v) is 35.3. The quantitative estimate of drug-likeness (QED) is 0.266. The van der Waals surface area contributed by atoms with Crippen LogP contribution in [0.4, 0.5) is 0 Å². The van der Waals surface area contributed by atoms with Crippen LogP contribution in [0.5, 0.6) is 0 Å². The molecule has 3 heteroatoms. The molecule has 0 aliphatic rings. The summed E-state index contributed by atoms with van der Waals surface area (Å²) in [6.45, 7) is 50.5. The van der Waals surface area contributed by atoms with E-state index in [1.54, 1.807) is 7.11 Å². The summed E-state index contributed by atoms with van der Waals surface area (Å²) in [4.78, 5) is 0. The molecule has 0 saturated carbocycles. The van der Waals surface area contributed by atoms with E-state index in [1.807, 2.05) is 0 Å². The van der Waals surface area contributed by atoms with Gasteiger partial charge in [0.1, 0.15) is 0 Å². The fourth-order valence-electron chi connectivity index (χ4n) is 4.08. The van der Waals surface area contributed by atoms with Gasteiger partial charge in [0.15, 0.2) is 0 Å². The Morgan fingerprint density at radius 3 is 0.864 bits per heavy atom. The van der Waals surface area contributed by atoms with Gasteiger partial charge in [-0.1, -0.05) is 178 Å². The molecule has 0 spiro atoms. The molecule has 3 nitrogen and oxygen atoms in total. The van der Waals surface area contributed by atoms with Gasteiger partial charge in [0.2, 0.25) is 0 Å². The molecule has 0 rings (SSSR count). The molecule has 2 N–H and O–H groups in total. The Morgan fingerprint density at radius 1 is 0.500 bits per heavy atom. The molecule has 0 aromatic rings. The zero-order chi connectivity index (χ0) is 36.8. The lowest BCUT2D eigenvalue weighted by Gasteiger charge is -2.30. The van der Waals surface area contributed by atoms with Crippen molar-refractivity contribution in [3.8, 4) is 0 Å². The highest BCUT2D eigenvalue weighted by atomic mass is 16.5. The van der Waals surface area contributed by atoms with Crippen LogP contribution in [0.3, 0.4) is 0 Å². The molecule has 44 heavy (non-hydrogen) atoms. The smallest absolute Gasteiger partial charge is 0.0495 e. The van der Waals surface area contributed by atoms with E-state index in [1.165, 1.54) is 19.3 Å². The summed E-state index contributed by atoms with van der Waals surface area (Å²) in [6, 6.07) is 0. The van der Waals surface area contributed by atoms with E-state index in [0.717, 1.165) is 25.4 Å². The highest BCUT2D eigenvalue weighted by Gasteiger charge is 2.24. The van der Waals surface area contributed by atoms with Gasteiger partial charge in [-0.05, 0) is 63.1 Å². The van der Waals surface area contributed by atoms with E-state index >= 15 is 0 Å². The first-order valence-corrected chi connectivity index (χ1v) is 18.2. The van der Waals surface area contributed by atoms with Crippen LogP contribution in [-0.2, 0) is 4.74 Å². The Bertz CT molecular complexity index is 584. The molecule has 0 aliphatic carbocycles. The Kier molecular flexibility index (Phi) is 31.4. The average Bonchev–Trinajstić information content (AvgIpc) is 2.84. The Labute approximate surface area is 282 Å². The number of ether oxygens (including phenoxy) is 1. The summed E-state index contributed by atoms with van der Waals surface area (Å²) in [7, 11) is 1.77. The minimum absolute atomic E-state index is 0.249. The van der Waals surface area contributed by atoms with Crippen molar-refractivity contribution in [1.29, 1.82) is 0 Å². The van der Waals surface area contributed by atoms with Gasteiger partial charge in [-0.25, -0.2) is 0 Å². The molecule has 4 unspecified atom stereocenters. The lowest BCUT2D eigenvalue weighted by Crippen LogP contribution is -2.25. The predicted octanol–water partition coefficient (Wildman–Crippen LogP) is 13.0. The maximum atomic E-state index is 9.11. The van der Waals surface area contributed by atoms with Gasteiger partial charge < -0.3 is 14.9 Å². The monoisotopic (exact) mass is 633 g/mol. The third-order valence-electron chi connectivity index (χ3n) is 9.38.